The van der Waals surface area contributed by atoms with Crippen molar-refractivity contribution in [1.82, 2.24) is 24.2 Å². The van der Waals surface area contributed by atoms with Gasteiger partial charge in [0, 0.05) is 37.9 Å². The third kappa shape index (κ3) is 4.37. The van der Waals surface area contributed by atoms with E-state index in [1.165, 1.54) is 0 Å². The fraction of sp³-hybridized carbons (Fsp3) is 0.316. The second-order valence-corrected chi connectivity index (χ2v) is 8.00. The molecule has 0 aliphatic carbocycles. The number of aromatic nitrogens is 4. The van der Waals surface area contributed by atoms with E-state index in [-0.39, 0.29) is 11.4 Å². The van der Waals surface area contributed by atoms with E-state index in [2.05, 4.69) is 19.7 Å². The molecule has 0 bridgehead atoms. The molecule has 3 aromatic rings. The Balaban J connectivity index is 1.71. The monoisotopic (exact) mass is 401 g/mol. The highest BCUT2D eigenvalue weighted by Gasteiger charge is 2.17. The molecule has 1 aromatic carbocycles. The first kappa shape index (κ1) is 20.0. The van der Waals surface area contributed by atoms with Gasteiger partial charge in [0.25, 0.3) is 0 Å². The van der Waals surface area contributed by atoms with E-state index in [9.17, 15) is 8.42 Å². The van der Waals surface area contributed by atoms with Gasteiger partial charge in [-0.2, -0.15) is 0 Å². The summed E-state index contributed by atoms with van der Waals surface area (Å²) in [5.74, 6) is 1.81. The van der Waals surface area contributed by atoms with Gasteiger partial charge in [-0.1, -0.05) is 0 Å². The zero-order valence-electron chi connectivity index (χ0n) is 16.1. The largest absolute Gasteiger partial charge is 0.493 e. The van der Waals surface area contributed by atoms with Crippen LogP contribution in [0.5, 0.6) is 5.75 Å². The Hall–Kier alpha value is -2.78. The number of ether oxygens (including phenoxy) is 1. The molecule has 0 aliphatic heterocycles. The zero-order valence-corrected chi connectivity index (χ0v) is 16.9. The maximum absolute atomic E-state index is 12.7. The number of nitrogens with zero attached hydrogens (tertiary/aromatic N) is 4. The maximum Gasteiger partial charge on any atom is 0.240 e. The van der Waals surface area contributed by atoms with Crippen LogP contribution in [-0.2, 0) is 16.6 Å². The molecule has 3 rings (SSSR count). The molecule has 28 heavy (non-hydrogen) atoms. The molecule has 8 nitrogen and oxygen atoms in total. The van der Waals surface area contributed by atoms with Crippen LogP contribution in [0, 0.1) is 13.8 Å². The Morgan fingerprint density at radius 3 is 2.39 bits per heavy atom. The maximum atomic E-state index is 12.7. The van der Waals surface area contributed by atoms with Crippen molar-refractivity contribution in [2.75, 3.05) is 13.2 Å². The molecule has 0 saturated heterocycles. The SMILES string of the molecule is CCOc1c(C)cc(S(=O)(=O)NCCn2ccnc2-c2ncccn2)cc1C. The first-order valence-electron chi connectivity index (χ1n) is 8.94. The third-order valence-corrected chi connectivity index (χ3v) is 5.60. The smallest absolute Gasteiger partial charge is 0.240 e. The second kappa shape index (κ2) is 8.49. The first-order valence-corrected chi connectivity index (χ1v) is 10.4. The van der Waals surface area contributed by atoms with Crippen LogP contribution in [0.2, 0.25) is 0 Å². The lowest BCUT2D eigenvalue weighted by Gasteiger charge is -2.14. The fourth-order valence-electron chi connectivity index (χ4n) is 2.93. The summed E-state index contributed by atoms with van der Waals surface area (Å²) in [6, 6.07) is 4.98. The summed E-state index contributed by atoms with van der Waals surface area (Å²) in [6.45, 7) is 6.73. The molecule has 1 N–H and O–H groups in total. The molecule has 2 heterocycles. The molecule has 0 radical (unpaired) electrons. The van der Waals surface area contributed by atoms with E-state index in [0.29, 0.717) is 24.8 Å². The van der Waals surface area contributed by atoms with Crippen molar-refractivity contribution in [2.45, 2.75) is 32.2 Å². The molecule has 0 saturated carbocycles. The Kier molecular flexibility index (Phi) is 6.05. The van der Waals surface area contributed by atoms with Crippen molar-refractivity contribution in [3.8, 4) is 17.4 Å². The lowest BCUT2D eigenvalue weighted by atomic mass is 10.1. The third-order valence-electron chi connectivity index (χ3n) is 4.16. The molecule has 0 fully saturated rings. The van der Waals surface area contributed by atoms with E-state index in [4.69, 9.17) is 4.74 Å². The normalized spacial score (nSPS) is 11.5. The Morgan fingerprint density at radius 2 is 1.75 bits per heavy atom. The topological polar surface area (TPSA) is 99.0 Å². The highest BCUT2D eigenvalue weighted by molar-refractivity contribution is 7.89. The number of sulfonamides is 1. The number of nitrogens with one attached hydrogen (secondary N) is 1. The molecule has 2 aromatic heterocycles. The lowest BCUT2D eigenvalue weighted by molar-refractivity contribution is 0.335. The summed E-state index contributed by atoms with van der Waals surface area (Å²) < 4.78 is 35.4. The second-order valence-electron chi connectivity index (χ2n) is 6.23. The summed E-state index contributed by atoms with van der Waals surface area (Å²) in [5, 5.41) is 0. The fourth-order valence-corrected chi connectivity index (χ4v) is 4.12. The van der Waals surface area contributed by atoms with E-state index >= 15 is 0 Å². The van der Waals surface area contributed by atoms with Crippen LogP contribution in [0.25, 0.3) is 11.6 Å². The van der Waals surface area contributed by atoms with Gasteiger partial charge in [0.15, 0.2) is 11.6 Å². The predicted octanol–water partition coefficient (Wildman–Crippen LogP) is 2.33. The van der Waals surface area contributed by atoms with Crippen LogP contribution in [-0.4, -0.2) is 41.1 Å². The van der Waals surface area contributed by atoms with Crippen molar-refractivity contribution in [3.05, 3.63) is 54.1 Å². The van der Waals surface area contributed by atoms with Gasteiger partial charge in [0.2, 0.25) is 10.0 Å². The molecule has 0 aliphatic rings. The van der Waals surface area contributed by atoms with Crippen molar-refractivity contribution >= 4 is 10.0 Å². The summed E-state index contributed by atoms with van der Waals surface area (Å²) in [7, 11) is -3.64. The molecule has 0 amide bonds. The number of rotatable bonds is 8. The van der Waals surface area contributed by atoms with Gasteiger partial charge >= 0.3 is 0 Å². The first-order chi connectivity index (χ1) is 13.4. The Labute approximate surface area is 164 Å². The van der Waals surface area contributed by atoms with Gasteiger partial charge in [0.1, 0.15) is 5.75 Å². The molecule has 0 unspecified atom stereocenters. The molecular weight excluding hydrogens is 378 g/mol. The molecule has 0 spiro atoms. The van der Waals surface area contributed by atoms with Crippen LogP contribution in [0.1, 0.15) is 18.1 Å². The van der Waals surface area contributed by atoms with Gasteiger partial charge in [-0.05, 0) is 50.1 Å². The van der Waals surface area contributed by atoms with E-state index in [0.717, 1.165) is 16.9 Å². The van der Waals surface area contributed by atoms with Gasteiger partial charge in [0.05, 0.1) is 11.5 Å². The van der Waals surface area contributed by atoms with Crippen LogP contribution in [0.15, 0.2) is 47.9 Å². The number of imidazole rings is 1. The van der Waals surface area contributed by atoms with Crippen molar-refractivity contribution in [2.24, 2.45) is 0 Å². The number of hydrogen-bond donors (Lipinski definition) is 1. The summed E-state index contributed by atoms with van der Waals surface area (Å²) in [4.78, 5) is 12.9. The average molecular weight is 401 g/mol. The average Bonchev–Trinajstić information content (AvgIpc) is 3.13. The van der Waals surface area contributed by atoms with E-state index in [1.807, 2.05) is 25.3 Å². The minimum Gasteiger partial charge on any atom is -0.493 e. The van der Waals surface area contributed by atoms with Crippen molar-refractivity contribution < 1.29 is 13.2 Å². The van der Waals surface area contributed by atoms with Crippen molar-refractivity contribution in [1.29, 1.82) is 0 Å². The number of hydrogen-bond acceptors (Lipinski definition) is 6. The van der Waals surface area contributed by atoms with Crippen LogP contribution >= 0.6 is 0 Å². The minimum atomic E-state index is -3.64. The highest BCUT2D eigenvalue weighted by atomic mass is 32.2. The minimum absolute atomic E-state index is 0.212. The standard InChI is InChI=1S/C19H23N5O3S/c1-4-27-17-14(2)12-16(13-15(17)3)28(25,26)23-9-11-24-10-8-22-19(24)18-20-6-5-7-21-18/h5-8,10,12-13,23H,4,9,11H2,1-3H3. The summed E-state index contributed by atoms with van der Waals surface area (Å²) in [6.07, 6.45) is 6.69. The zero-order chi connectivity index (χ0) is 20.1. The number of aryl methyl sites for hydroxylation is 2. The summed E-state index contributed by atoms with van der Waals surface area (Å²) in [5.41, 5.74) is 1.58. The van der Waals surface area contributed by atoms with Gasteiger partial charge < -0.3 is 9.30 Å². The Morgan fingerprint density at radius 1 is 1.07 bits per heavy atom. The van der Waals surface area contributed by atoms with Crippen LogP contribution < -0.4 is 9.46 Å². The van der Waals surface area contributed by atoms with E-state index in [1.54, 1.807) is 43.0 Å². The predicted molar refractivity (Wildman–Crippen MR) is 106 cm³/mol. The number of benzene rings is 1. The lowest BCUT2D eigenvalue weighted by Crippen LogP contribution is -2.27. The molecule has 9 heteroatoms. The van der Waals surface area contributed by atoms with Crippen molar-refractivity contribution in [3.63, 3.8) is 0 Å². The van der Waals surface area contributed by atoms with Gasteiger partial charge in [-0.25, -0.2) is 28.1 Å². The van der Waals surface area contributed by atoms with Gasteiger partial charge in [-0.15, -0.1) is 0 Å². The molecule has 0 atom stereocenters. The van der Waals surface area contributed by atoms with Crippen LogP contribution in [0.3, 0.4) is 0 Å². The molecule has 148 valence electrons. The Bertz CT molecular complexity index is 1030. The quantitative estimate of drug-likeness (QED) is 0.622. The summed E-state index contributed by atoms with van der Waals surface area (Å²) >= 11 is 0. The van der Waals surface area contributed by atoms with Gasteiger partial charge in [-0.3, -0.25) is 0 Å². The molecular formula is C19H23N5O3S. The van der Waals surface area contributed by atoms with Crippen LogP contribution in [0.4, 0.5) is 0 Å². The highest BCUT2D eigenvalue weighted by Crippen LogP contribution is 2.26. The van der Waals surface area contributed by atoms with E-state index < -0.39 is 10.0 Å².